The molecule has 2 aromatic rings. The molecule has 4 nitrogen and oxygen atoms in total. The van der Waals surface area contributed by atoms with Crippen LogP contribution in [0.4, 0.5) is 0 Å². The van der Waals surface area contributed by atoms with Gasteiger partial charge in [0, 0.05) is 11.6 Å². The van der Waals surface area contributed by atoms with Crippen molar-refractivity contribution in [1.82, 2.24) is 5.16 Å². The van der Waals surface area contributed by atoms with Gasteiger partial charge < -0.3 is 14.4 Å². The summed E-state index contributed by atoms with van der Waals surface area (Å²) in [6.45, 7) is -0.148. The van der Waals surface area contributed by atoms with Crippen molar-refractivity contribution < 1.29 is 14.4 Å². The lowest BCUT2D eigenvalue weighted by molar-refractivity contribution is 0.229. The highest BCUT2D eigenvalue weighted by molar-refractivity contribution is 9.10. The lowest BCUT2D eigenvalue weighted by Gasteiger charge is -2.03. The normalized spacial score (nSPS) is 10.4. The zero-order valence-corrected chi connectivity index (χ0v) is 10.2. The predicted molar refractivity (Wildman–Crippen MR) is 62.1 cm³/mol. The van der Waals surface area contributed by atoms with Crippen molar-refractivity contribution in [3.05, 3.63) is 34.5 Å². The van der Waals surface area contributed by atoms with E-state index >= 15 is 0 Å². The fourth-order valence-corrected chi connectivity index (χ4v) is 1.89. The summed E-state index contributed by atoms with van der Waals surface area (Å²) >= 11 is 3.40. The van der Waals surface area contributed by atoms with Crippen LogP contribution in [0.3, 0.4) is 0 Å². The van der Waals surface area contributed by atoms with Gasteiger partial charge in [0.1, 0.15) is 18.1 Å². The SMILES string of the molecule is COc1ccc(-c2cc(CO)on2)cc1Br. The fourth-order valence-electron chi connectivity index (χ4n) is 1.35. The highest BCUT2D eigenvalue weighted by Gasteiger charge is 2.08. The molecule has 0 aliphatic heterocycles. The molecule has 2 rings (SSSR count). The molecular formula is C11H10BrNO3. The van der Waals surface area contributed by atoms with Crippen molar-refractivity contribution in [1.29, 1.82) is 0 Å². The third-order valence-electron chi connectivity index (χ3n) is 2.16. The summed E-state index contributed by atoms with van der Waals surface area (Å²) in [5, 5.41) is 12.7. The van der Waals surface area contributed by atoms with Gasteiger partial charge in [-0.1, -0.05) is 5.16 Å². The third kappa shape index (κ3) is 2.10. The van der Waals surface area contributed by atoms with Gasteiger partial charge in [0.15, 0.2) is 5.76 Å². The number of aliphatic hydroxyl groups is 1. The molecule has 1 heterocycles. The Morgan fingerprint density at radius 1 is 1.44 bits per heavy atom. The molecule has 0 atom stereocenters. The van der Waals surface area contributed by atoms with Gasteiger partial charge in [-0.15, -0.1) is 0 Å². The summed E-state index contributed by atoms with van der Waals surface area (Å²) < 4.78 is 10.9. The standard InChI is InChI=1S/C11H10BrNO3/c1-15-11-3-2-7(4-9(11)12)10-5-8(6-14)16-13-10/h2-5,14H,6H2,1H3. The minimum Gasteiger partial charge on any atom is -0.496 e. The maximum absolute atomic E-state index is 8.87. The van der Waals surface area contributed by atoms with E-state index in [9.17, 15) is 0 Å². The Morgan fingerprint density at radius 2 is 2.25 bits per heavy atom. The number of rotatable bonds is 3. The second-order valence-electron chi connectivity index (χ2n) is 3.19. The molecule has 16 heavy (non-hydrogen) atoms. The number of hydrogen-bond acceptors (Lipinski definition) is 4. The van der Waals surface area contributed by atoms with Crippen LogP contribution >= 0.6 is 15.9 Å². The number of benzene rings is 1. The van der Waals surface area contributed by atoms with E-state index < -0.39 is 0 Å². The van der Waals surface area contributed by atoms with Crippen LogP contribution in [-0.4, -0.2) is 17.4 Å². The minimum absolute atomic E-state index is 0.148. The molecule has 1 aromatic carbocycles. The third-order valence-corrected chi connectivity index (χ3v) is 2.78. The second-order valence-corrected chi connectivity index (χ2v) is 4.04. The summed E-state index contributed by atoms with van der Waals surface area (Å²) in [5.41, 5.74) is 1.59. The number of aromatic nitrogens is 1. The molecule has 0 aliphatic rings. The van der Waals surface area contributed by atoms with E-state index in [1.54, 1.807) is 13.2 Å². The van der Waals surface area contributed by atoms with Crippen LogP contribution in [-0.2, 0) is 6.61 Å². The average Bonchev–Trinajstić information content (AvgIpc) is 2.77. The number of ether oxygens (including phenoxy) is 1. The molecule has 84 valence electrons. The van der Waals surface area contributed by atoms with Crippen molar-refractivity contribution >= 4 is 15.9 Å². The molecule has 0 spiro atoms. The largest absolute Gasteiger partial charge is 0.496 e. The highest BCUT2D eigenvalue weighted by Crippen LogP contribution is 2.30. The molecule has 0 bridgehead atoms. The molecule has 0 aliphatic carbocycles. The van der Waals surface area contributed by atoms with E-state index in [0.717, 1.165) is 15.8 Å². The fraction of sp³-hybridized carbons (Fsp3) is 0.182. The minimum atomic E-state index is -0.148. The first kappa shape index (κ1) is 11.2. The predicted octanol–water partition coefficient (Wildman–Crippen LogP) is 2.61. The van der Waals surface area contributed by atoms with Crippen molar-refractivity contribution in [3.63, 3.8) is 0 Å². The van der Waals surface area contributed by atoms with E-state index in [-0.39, 0.29) is 6.61 Å². The van der Waals surface area contributed by atoms with Gasteiger partial charge in [0.2, 0.25) is 0 Å². The van der Waals surface area contributed by atoms with Crippen LogP contribution in [0.25, 0.3) is 11.3 Å². The van der Waals surface area contributed by atoms with Gasteiger partial charge in [-0.05, 0) is 34.1 Å². The van der Waals surface area contributed by atoms with Crippen molar-refractivity contribution in [3.8, 4) is 17.0 Å². The molecule has 0 saturated carbocycles. The lowest BCUT2D eigenvalue weighted by Crippen LogP contribution is -1.85. The molecule has 1 N–H and O–H groups in total. The Labute approximate surface area is 101 Å². The Kier molecular flexibility index (Phi) is 3.26. The van der Waals surface area contributed by atoms with Gasteiger partial charge in [0.05, 0.1) is 11.6 Å². The Morgan fingerprint density at radius 3 is 2.81 bits per heavy atom. The Hall–Kier alpha value is -1.33. The van der Waals surface area contributed by atoms with Crippen molar-refractivity contribution in [2.75, 3.05) is 7.11 Å². The zero-order chi connectivity index (χ0) is 11.5. The first-order valence-corrected chi connectivity index (χ1v) is 5.44. The van der Waals surface area contributed by atoms with Crippen LogP contribution in [0.1, 0.15) is 5.76 Å². The van der Waals surface area contributed by atoms with Crippen LogP contribution in [0.15, 0.2) is 33.3 Å². The number of hydrogen-bond donors (Lipinski definition) is 1. The first-order chi connectivity index (χ1) is 7.74. The van der Waals surface area contributed by atoms with Crippen molar-refractivity contribution in [2.24, 2.45) is 0 Å². The molecule has 1 aromatic heterocycles. The van der Waals surface area contributed by atoms with E-state index in [4.69, 9.17) is 14.4 Å². The lowest BCUT2D eigenvalue weighted by atomic mass is 10.1. The molecule has 0 fully saturated rings. The summed E-state index contributed by atoms with van der Waals surface area (Å²) in [7, 11) is 1.61. The van der Waals surface area contributed by atoms with Gasteiger partial charge in [-0.25, -0.2) is 0 Å². The average molecular weight is 284 g/mol. The summed E-state index contributed by atoms with van der Waals surface area (Å²) in [6, 6.07) is 7.31. The van der Waals surface area contributed by atoms with Gasteiger partial charge in [0.25, 0.3) is 0 Å². The maximum Gasteiger partial charge on any atom is 0.162 e. The number of methoxy groups -OCH3 is 1. The smallest absolute Gasteiger partial charge is 0.162 e. The van der Waals surface area contributed by atoms with E-state index in [0.29, 0.717) is 11.5 Å². The Bertz CT molecular complexity index is 496. The quantitative estimate of drug-likeness (QED) is 0.941. The monoisotopic (exact) mass is 283 g/mol. The molecule has 0 amide bonds. The van der Waals surface area contributed by atoms with E-state index in [1.165, 1.54) is 0 Å². The summed E-state index contributed by atoms with van der Waals surface area (Å²) in [6.07, 6.45) is 0. The highest BCUT2D eigenvalue weighted by atomic mass is 79.9. The molecule has 5 heteroatoms. The zero-order valence-electron chi connectivity index (χ0n) is 8.61. The van der Waals surface area contributed by atoms with Crippen LogP contribution in [0.2, 0.25) is 0 Å². The van der Waals surface area contributed by atoms with E-state index in [2.05, 4.69) is 21.1 Å². The topological polar surface area (TPSA) is 55.5 Å². The molecule has 0 saturated heterocycles. The summed E-state index contributed by atoms with van der Waals surface area (Å²) in [5.74, 6) is 1.21. The van der Waals surface area contributed by atoms with Crippen LogP contribution < -0.4 is 4.74 Å². The summed E-state index contributed by atoms with van der Waals surface area (Å²) in [4.78, 5) is 0. The number of halogens is 1. The molecular weight excluding hydrogens is 274 g/mol. The molecule has 0 radical (unpaired) electrons. The van der Waals surface area contributed by atoms with Crippen LogP contribution in [0.5, 0.6) is 5.75 Å². The van der Waals surface area contributed by atoms with Crippen molar-refractivity contribution in [2.45, 2.75) is 6.61 Å². The van der Waals surface area contributed by atoms with Gasteiger partial charge in [-0.3, -0.25) is 0 Å². The maximum atomic E-state index is 8.87. The number of nitrogens with zero attached hydrogens (tertiary/aromatic N) is 1. The number of aliphatic hydroxyl groups excluding tert-OH is 1. The Balaban J connectivity index is 2.37. The second kappa shape index (κ2) is 4.67. The van der Waals surface area contributed by atoms with Gasteiger partial charge in [-0.2, -0.15) is 0 Å². The van der Waals surface area contributed by atoms with E-state index in [1.807, 2.05) is 18.2 Å². The first-order valence-electron chi connectivity index (χ1n) is 4.65. The van der Waals surface area contributed by atoms with Gasteiger partial charge >= 0.3 is 0 Å². The van der Waals surface area contributed by atoms with Crippen LogP contribution in [0, 0.1) is 0 Å². The molecule has 0 unspecified atom stereocenters.